The Hall–Kier alpha value is -1.30. The van der Waals surface area contributed by atoms with Gasteiger partial charge in [-0.2, -0.15) is 0 Å². The van der Waals surface area contributed by atoms with Gasteiger partial charge < -0.3 is 5.32 Å². The second-order valence-electron chi connectivity index (χ2n) is 6.96. The van der Waals surface area contributed by atoms with Gasteiger partial charge in [-0.05, 0) is 62.1 Å². The van der Waals surface area contributed by atoms with Crippen LogP contribution in [0.4, 0.5) is 4.39 Å². The van der Waals surface area contributed by atoms with E-state index in [1.807, 2.05) is 19.1 Å². The van der Waals surface area contributed by atoms with E-state index in [0.29, 0.717) is 25.1 Å². The minimum Gasteiger partial charge on any atom is -0.312 e. The molecule has 1 unspecified atom stereocenters. The predicted octanol–water partition coefficient (Wildman–Crippen LogP) is 5.79. The average molecular weight is 439 g/mol. The standard InChI is InChI=1S/C22H29FNO3PS/c1-18-15-20(17-24-12-8-13-27-28(25)26)21(23)16-22(18)29-14-7-3-6-11-19-9-4-2-5-10-19/h2,4-5,9-10,15-16,24H,3,6-8,11-14,17H2,1H3/p+1. The van der Waals surface area contributed by atoms with Crippen LogP contribution in [0.25, 0.3) is 0 Å². The molecule has 0 aliphatic carbocycles. The normalized spacial score (nSPS) is 11.6. The number of aryl methyl sites for hydroxylation is 2. The lowest BCUT2D eigenvalue weighted by Gasteiger charge is -2.11. The first-order chi connectivity index (χ1) is 14.1. The summed E-state index contributed by atoms with van der Waals surface area (Å²) in [6.07, 6.45) is 5.21. The van der Waals surface area contributed by atoms with E-state index in [1.54, 1.807) is 17.8 Å². The third-order valence-electron chi connectivity index (χ3n) is 4.57. The Morgan fingerprint density at radius 2 is 1.93 bits per heavy atom. The fourth-order valence-corrected chi connectivity index (χ4v) is 4.34. The van der Waals surface area contributed by atoms with Gasteiger partial charge in [0.15, 0.2) is 0 Å². The van der Waals surface area contributed by atoms with Gasteiger partial charge in [-0.15, -0.1) is 21.2 Å². The molecule has 29 heavy (non-hydrogen) atoms. The average Bonchev–Trinajstić information content (AvgIpc) is 2.70. The molecule has 0 bridgehead atoms. The summed E-state index contributed by atoms with van der Waals surface area (Å²) < 4.78 is 29.4. The lowest BCUT2D eigenvalue weighted by atomic mass is 10.1. The SMILES string of the molecule is Cc1cc(CNCCCO[P+](=O)O)c(F)cc1SCCCCCc1ccccc1. The third-order valence-corrected chi connectivity index (χ3v) is 6.22. The Morgan fingerprint density at radius 3 is 2.69 bits per heavy atom. The van der Waals surface area contributed by atoms with Crippen LogP contribution in [0.1, 0.15) is 42.4 Å². The first kappa shape index (κ1) is 24.0. The summed E-state index contributed by atoms with van der Waals surface area (Å²) in [5, 5.41) is 3.14. The fourth-order valence-electron chi connectivity index (χ4n) is 3.01. The lowest BCUT2D eigenvalue weighted by Crippen LogP contribution is -2.17. The van der Waals surface area contributed by atoms with Crippen molar-refractivity contribution in [3.05, 3.63) is 65.0 Å². The molecule has 1 atom stereocenters. The van der Waals surface area contributed by atoms with Crippen LogP contribution in [0.3, 0.4) is 0 Å². The summed E-state index contributed by atoms with van der Waals surface area (Å²) in [7, 11) is -2.54. The van der Waals surface area contributed by atoms with Crippen LogP contribution in [-0.4, -0.2) is 23.8 Å². The van der Waals surface area contributed by atoms with Gasteiger partial charge in [0.05, 0.1) is 0 Å². The highest BCUT2D eigenvalue weighted by Gasteiger charge is 2.11. The van der Waals surface area contributed by atoms with E-state index < -0.39 is 8.25 Å². The van der Waals surface area contributed by atoms with E-state index in [2.05, 4.69) is 34.1 Å². The minimum absolute atomic E-state index is 0.190. The molecular formula is C22H30FNO3PS+. The van der Waals surface area contributed by atoms with Gasteiger partial charge in [0, 0.05) is 21.6 Å². The van der Waals surface area contributed by atoms with E-state index in [0.717, 1.165) is 29.1 Å². The number of rotatable bonds is 14. The molecule has 0 aliphatic heterocycles. The van der Waals surface area contributed by atoms with Crippen molar-refractivity contribution in [1.29, 1.82) is 0 Å². The highest BCUT2D eigenvalue weighted by Crippen LogP contribution is 2.26. The molecule has 2 aromatic rings. The van der Waals surface area contributed by atoms with Crippen LogP contribution >= 0.6 is 20.0 Å². The molecule has 4 nitrogen and oxygen atoms in total. The second kappa shape index (κ2) is 13.8. The highest BCUT2D eigenvalue weighted by molar-refractivity contribution is 7.99. The lowest BCUT2D eigenvalue weighted by molar-refractivity contribution is 0.276. The minimum atomic E-state index is -2.54. The summed E-state index contributed by atoms with van der Waals surface area (Å²) in [6.45, 7) is 3.26. The molecule has 0 radical (unpaired) electrons. The van der Waals surface area contributed by atoms with E-state index in [-0.39, 0.29) is 12.4 Å². The maximum atomic E-state index is 14.4. The van der Waals surface area contributed by atoms with Crippen LogP contribution in [0.15, 0.2) is 47.4 Å². The predicted molar refractivity (Wildman–Crippen MR) is 118 cm³/mol. The molecule has 0 spiro atoms. The Morgan fingerprint density at radius 1 is 1.14 bits per heavy atom. The molecule has 7 heteroatoms. The van der Waals surface area contributed by atoms with Crippen molar-refractivity contribution < 1.29 is 18.4 Å². The van der Waals surface area contributed by atoms with Crippen LogP contribution < -0.4 is 5.32 Å². The van der Waals surface area contributed by atoms with Gasteiger partial charge in [0.1, 0.15) is 12.4 Å². The first-order valence-electron chi connectivity index (χ1n) is 10.0. The molecule has 2 aromatic carbocycles. The van der Waals surface area contributed by atoms with Crippen molar-refractivity contribution in [2.24, 2.45) is 0 Å². The summed E-state index contributed by atoms with van der Waals surface area (Å²) >= 11 is 1.73. The fraction of sp³-hybridized carbons (Fsp3) is 0.455. The zero-order chi connectivity index (χ0) is 20.9. The van der Waals surface area contributed by atoms with E-state index in [1.165, 1.54) is 18.4 Å². The molecule has 0 heterocycles. The van der Waals surface area contributed by atoms with Crippen LogP contribution in [0.2, 0.25) is 0 Å². The van der Waals surface area contributed by atoms with Crippen LogP contribution in [0.5, 0.6) is 0 Å². The Kier molecular flexibility index (Phi) is 11.4. The maximum Gasteiger partial charge on any atom is 0.694 e. The van der Waals surface area contributed by atoms with E-state index in [9.17, 15) is 8.96 Å². The van der Waals surface area contributed by atoms with Gasteiger partial charge in [-0.1, -0.05) is 42.8 Å². The molecule has 0 saturated carbocycles. The molecule has 0 aromatic heterocycles. The highest BCUT2D eigenvalue weighted by atomic mass is 32.2. The first-order valence-corrected chi connectivity index (χ1v) is 12.1. The third kappa shape index (κ3) is 9.83. The number of nitrogens with one attached hydrogen (secondary N) is 1. The smallest absolute Gasteiger partial charge is 0.312 e. The summed E-state index contributed by atoms with van der Waals surface area (Å²) in [5.74, 6) is 0.809. The van der Waals surface area contributed by atoms with Crippen LogP contribution in [0, 0.1) is 12.7 Å². The van der Waals surface area contributed by atoms with E-state index >= 15 is 0 Å². The number of benzene rings is 2. The summed E-state index contributed by atoms with van der Waals surface area (Å²) in [5.41, 5.74) is 3.13. The number of hydrogen-bond donors (Lipinski definition) is 2. The van der Waals surface area contributed by atoms with Crippen molar-refractivity contribution in [2.45, 2.75) is 50.5 Å². The zero-order valence-corrected chi connectivity index (χ0v) is 18.6. The van der Waals surface area contributed by atoms with Crippen molar-refractivity contribution in [3.63, 3.8) is 0 Å². The number of thioether (sulfide) groups is 1. The molecular weight excluding hydrogens is 408 g/mol. The van der Waals surface area contributed by atoms with Crippen molar-refractivity contribution in [3.8, 4) is 0 Å². The van der Waals surface area contributed by atoms with Gasteiger partial charge in [-0.3, -0.25) is 0 Å². The monoisotopic (exact) mass is 438 g/mol. The van der Waals surface area contributed by atoms with Gasteiger partial charge in [0.25, 0.3) is 0 Å². The summed E-state index contributed by atoms with van der Waals surface area (Å²) in [6, 6.07) is 14.1. The molecule has 2 rings (SSSR count). The zero-order valence-electron chi connectivity index (χ0n) is 16.9. The Bertz CT molecular complexity index is 761. The number of halogens is 1. The molecule has 0 aliphatic rings. The van der Waals surface area contributed by atoms with Crippen molar-refractivity contribution in [1.82, 2.24) is 5.32 Å². The Labute approximate surface area is 178 Å². The second-order valence-corrected chi connectivity index (χ2v) is 8.83. The molecule has 2 N–H and O–H groups in total. The van der Waals surface area contributed by atoms with Gasteiger partial charge in [-0.25, -0.2) is 4.39 Å². The van der Waals surface area contributed by atoms with Crippen LogP contribution in [-0.2, 0) is 22.1 Å². The topological polar surface area (TPSA) is 58.6 Å². The molecule has 0 fully saturated rings. The van der Waals surface area contributed by atoms with Crippen molar-refractivity contribution >= 4 is 20.0 Å². The van der Waals surface area contributed by atoms with E-state index in [4.69, 9.17) is 4.89 Å². The maximum absolute atomic E-state index is 14.4. The number of unbranched alkanes of at least 4 members (excludes halogenated alkanes) is 2. The van der Waals surface area contributed by atoms with Crippen molar-refractivity contribution in [2.75, 3.05) is 18.9 Å². The molecule has 0 amide bonds. The van der Waals surface area contributed by atoms with Gasteiger partial charge in [0.2, 0.25) is 0 Å². The summed E-state index contributed by atoms with van der Waals surface area (Å²) in [4.78, 5) is 9.55. The Balaban J connectivity index is 1.65. The molecule has 158 valence electrons. The number of hydrogen-bond acceptors (Lipinski definition) is 4. The largest absolute Gasteiger partial charge is 0.694 e. The molecule has 0 saturated heterocycles. The quantitative estimate of drug-likeness (QED) is 0.222. The van der Waals surface area contributed by atoms with Gasteiger partial charge >= 0.3 is 8.25 Å².